The summed E-state index contributed by atoms with van der Waals surface area (Å²) < 4.78 is 48.0. The molecular weight excluding hydrogens is 189 g/mol. The Balaban J connectivity index is 3.00. The molecule has 0 aromatic heterocycles. The highest BCUT2D eigenvalue weighted by molar-refractivity contribution is 4.61. The number of hydrogen-bond acceptors (Lipinski definition) is 3. The summed E-state index contributed by atoms with van der Waals surface area (Å²) in [6.45, 7) is 0.626. The fourth-order valence-electron chi connectivity index (χ4n) is 0.505. The van der Waals surface area contributed by atoms with Crippen molar-refractivity contribution in [2.75, 3.05) is 33.5 Å². The van der Waals surface area contributed by atoms with Gasteiger partial charge in [-0.1, -0.05) is 0 Å². The summed E-state index contributed by atoms with van der Waals surface area (Å²) in [6.07, 6.45) is -4.38. The van der Waals surface area contributed by atoms with Crippen molar-refractivity contribution in [1.82, 2.24) is 0 Å². The van der Waals surface area contributed by atoms with Crippen LogP contribution in [0.2, 0.25) is 0 Å². The van der Waals surface area contributed by atoms with Gasteiger partial charge in [0.25, 0.3) is 0 Å². The summed E-state index contributed by atoms with van der Waals surface area (Å²) in [5, 5.41) is 0. The number of alkyl halides is 3. The van der Waals surface area contributed by atoms with E-state index in [9.17, 15) is 13.2 Å². The third kappa shape index (κ3) is 11.7. The van der Waals surface area contributed by atoms with Crippen LogP contribution in [0, 0.1) is 6.61 Å². The Morgan fingerprint density at radius 2 is 1.69 bits per heavy atom. The smallest absolute Gasteiger partial charge is 0.382 e. The third-order valence-electron chi connectivity index (χ3n) is 0.994. The standard InChI is InChI=1S/C7H12F3O3/c1-11-2-3-12-4-5-13-6-7(8,9)10/h6H,2-5H2,1H3. The molecule has 6 heteroatoms. The maximum Gasteiger partial charge on any atom is 0.417 e. The van der Waals surface area contributed by atoms with Crippen LogP contribution in [-0.2, 0) is 14.2 Å². The molecule has 3 nitrogen and oxygen atoms in total. The summed E-state index contributed by atoms with van der Waals surface area (Å²) in [7, 11) is 1.51. The summed E-state index contributed by atoms with van der Waals surface area (Å²) in [6, 6.07) is 0. The first kappa shape index (κ1) is 12.7. The summed E-state index contributed by atoms with van der Waals surface area (Å²) in [4.78, 5) is 0. The molecule has 0 unspecified atom stereocenters. The average molecular weight is 201 g/mol. The molecule has 0 heterocycles. The molecule has 0 saturated heterocycles. The van der Waals surface area contributed by atoms with Crippen LogP contribution in [0.25, 0.3) is 0 Å². The van der Waals surface area contributed by atoms with E-state index in [2.05, 4.69) is 9.47 Å². The van der Waals surface area contributed by atoms with Gasteiger partial charge in [-0.15, -0.1) is 0 Å². The molecule has 0 rings (SSSR count). The highest BCUT2D eigenvalue weighted by Crippen LogP contribution is 2.18. The highest BCUT2D eigenvalue weighted by atomic mass is 19.4. The number of rotatable bonds is 7. The minimum atomic E-state index is -4.38. The molecule has 0 fully saturated rings. The predicted octanol–water partition coefficient (Wildman–Crippen LogP) is 1.39. The van der Waals surface area contributed by atoms with Gasteiger partial charge in [0.1, 0.15) is 0 Å². The molecule has 0 bridgehead atoms. The van der Waals surface area contributed by atoms with Crippen LogP contribution < -0.4 is 0 Å². The van der Waals surface area contributed by atoms with Crippen LogP contribution in [0.1, 0.15) is 0 Å². The van der Waals surface area contributed by atoms with Crippen LogP contribution in [0.3, 0.4) is 0 Å². The summed E-state index contributed by atoms with van der Waals surface area (Å²) in [5.74, 6) is 0. The van der Waals surface area contributed by atoms with Crippen molar-refractivity contribution < 1.29 is 27.4 Å². The van der Waals surface area contributed by atoms with Crippen molar-refractivity contribution in [1.29, 1.82) is 0 Å². The van der Waals surface area contributed by atoms with E-state index in [-0.39, 0.29) is 19.8 Å². The second-order valence-electron chi connectivity index (χ2n) is 2.14. The second-order valence-corrected chi connectivity index (χ2v) is 2.14. The zero-order chi connectivity index (χ0) is 10.2. The fraction of sp³-hybridized carbons (Fsp3) is 0.857. The maximum absolute atomic E-state index is 11.4. The lowest BCUT2D eigenvalue weighted by Crippen LogP contribution is -2.14. The molecule has 79 valence electrons. The zero-order valence-corrected chi connectivity index (χ0v) is 7.26. The van der Waals surface area contributed by atoms with E-state index in [0.29, 0.717) is 13.2 Å². The lowest BCUT2D eigenvalue weighted by Gasteiger charge is -2.06. The average Bonchev–Trinajstić information content (AvgIpc) is 2.01. The van der Waals surface area contributed by atoms with Gasteiger partial charge in [-0.25, -0.2) is 0 Å². The lowest BCUT2D eigenvalue weighted by molar-refractivity contribution is -0.140. The van der Waals surface area contributed by atoms with E-state index >= 15 is 0 Å². The molecule has 0 aromatic carbocycles. The minimum Gasteiger partial charge on any atom is -0.382 e. The molecule has 0 aromatic rings. The van der Waals surface area contributed by atoms with Crippen LogP contribution in [0.15, 0.2) is 0 Å². The van der Waals surface area contributed by atoms with Gasteiger partial charge in [-0.05, 0) is 0 Å². The molecule has 13 heavy (non-hydrogen) atoms. The normalized spacial score (nSPS) is 12.0. The molecule has 0 spiro atoms. The quantitative estimate of drug-likeness (QED) is 0.582. The highest BCUT2D eigenvalue weighted by Gasteiger charge is 2.28. The number of methoxy groups -OCH3 is 1. The van der Waals surface area contributed by atoms with Gasteiger partial charge in [0.15, 0.2) is 6.61 Å². The summed E-state index contributed by atoms with van der Waals surface area (Å²) >= 11 is 0. The van der Waals surface area contributed by atoms with E-state index in [0.717, 1.165) is 0 Å². The third-order valence-corrected chi connectivity index (χ3v) is 0.994. The van der Waals surface area contributed by atoms with E-state index in [1.807, 2.05) is 0 Å². The first-order chi connectivity index (χ1) is 6.06. The van der Waals surface area contributed by atoms with E-state index in [1.165, 1.54) is 7.11 Å². The van der Waals surface area contributed by atoms with Gasteiger partial charge in [0.05, 0.1) is 26.4 Å². The maximum atomic E-state index is 11.4. The Morgan fingerprint density at radius 3 is 2.23 bits per heavy atom. The predicted molar refractivity (Wildman–Crippen MR) is 39.0 cm³/mol. The minimum absolute atomic E-state index is 0.108. The van der Waals surface area contributed by atoms with Gasteiger partial charge in [0, 0.05) is 7.11 Å². The van der Waals surface area contributed by atoms with Crippen molar-refractivity contribution >= 4 is 0 Å². The van der Waals surface area contributed by atoms with Gasteiger partial charge in [0.2, 0.25) is 0 Å². The first-order valence-corrected chi connectivity index (χ1v) is 3.65. The van der Waals surface area contributed by atoms with Crippen LogP contribution >= 0.6 is 0 Å². The molecule has 0 amide bonds. The van der Waals surface area contributed by atoms with Crippen molar-refractivity contribution in [2.45, 2.75) is 6.18 Å². The van der Waals surface area contributed by atoms with Gasteiger partial charge in [-0.3, -0.25) is 0 Å². The molecule has 0 atom stereocenters. The van der Waals surface area contributed by atoms with Crippen molar-refractivity contribution in [3.05, 3.63) is 6.61 Å². The van der Waals surface area contributed by atoms with Crippen molar-refractivity contribution in [3.63, 3.8) is 0 Å². The monoisotopic (exact) mass is 201 g/mol. The SMILES string of the molecule is COCCOCCO[CH]C(F)(F)F. The van der Waals surface area contributed by atoms with Crippen LogP contribution in [-0.4, -0.2) is 39.7 Å². The van der Waals surface area contributed by atoms with Crippen molar-refractivity contribution in [2.24, 2.45) is 0 Å². The first-order valence-electron chi connectivity index (χ1n) is 3.65. The molecular formula is C7H12F3O3. The second kappa shape index (κ2) is 7.11. The molecule has 0 aliphatic heterocycles. The number of hydrogen-bond donors (Lipinski definition) is 0. The topological polar surface area (TPSA) is 27.7 Å². The Morgan fingerprint density at radius 1 is 1.08 bits per heavy atom. The largest absolute Gasteiger partial charge is 0.417 e. The van der Waals surface area contributed by atoms with E-state index < -0.39 is 6.18 Å². The van der Waals surface area contributed by atoms with E-state index in [1.54, 1.807) is 0 Å². The van der Waals surface area contributed by atoms with Crippen LogP contribution in [0.4, 0.5) is 13.2 Å². The fourth-order valence-corrected chi connectivity index (χ4v) is 0.505. The molecule has 0 aliphatic rings. The van der Waals surface area contributed by atoms with Gasteiger partial charge in [-0.2, -0.15) is 13.2 Å². The van der Waals surface area contributed by atoms with Gasteiger partial charge < -0.3 is 14.2 Å². The Bertz CT molecular complexity index is 116. The number of ether oxygens (including phenoxy) is 3. The molecule has 0 N–H and O–H groups in total. The summed E-state index contributed by atoms with van der Waals surface area (Å²) in [5.41, 5.74) is 0. The zero-order valence-electron chi connectivity index (χ0n) is 7.26. The Hall–Kier alpha value is -0.330. The lowest BCUT2D eigenvalue weighted by atomic mass is 10.7. The Labute approximate surface area is 74.8 Å². The van der Waals surface area contributed by atoms with Gasteiger partial charge >= 0.3 is 6.18 Å². The van der Waals surface area contributed by atoms with Crippen LogP contribution in [0.5, 0.6) is 0 Å². The number of halogens is 3. The van der Waals surface area contributed by atoms with E-state index in [4.69, 9.17) is 4.74 Å². The molecule has 0 aliphatic carbocycles. The molecule has 1 radical (unpaired) electrons. The molecule has 0 saturated carbocycles. The Kier molecular flexibility index (Phi) is 6.93. The van der Waals surface area contributed by atoms with Crippen molar-refractivity contribution in [3.8, 4) is 0 Å².